The molecule has 0 amide bonds. The van der Waals surface area contributed by atoms with Crippen molar-refractivity contribution in [3.05, 3.63) is 34.1 Å². The number of carbonyl (C=O) groups is 1. The van der Waals surface area contributed by atoms with Gasteiger partial charge in [0.05, 0.1) is 29.9 Å². The number of benzene rings is 1. The third-order valence-electron chi connectivity index (χ3n) is 2.16. The summed E-state index contributed by atoms with van der Waals surface area (Å²) in [7, 11) is 1.57. The third-order valence-corrected chi connectivity index (χ3v) is 2.77. The van der Waals surface area contributed by atoms with Crippen LogP contribution in [-0.4, -0.2) is 32.7 Å². The number of ether oxygens (including phenoxy) is 2. The Morgan fingerprint density at radius 1 is 1.35 bits per heavy atom. The summed E-state index contributed by atoms with van der Waals surface area (Å²) in [4.78, 5) is 11.7. The zero-order chi connectivity index (χ0) is 12.7. The first-order chi connectivity index (χ1) is 8.16. The molecular formula is C12H14BrFO3. The fraction of sp³-hybridized carbons (Fsp3) is 0.417. The molecule has 0 heterocycles. The van der Waals surface area contributed by atoms with E-state index in [2.05, 4.69) is 15.9 Å². The summed E-state index contributed by atoms with van der Waals surface area (Å²) in [6.07, 6.45) is 0.164. The lowest BCUT2D eigenvalue weighted by molar-refractivity contribution is 0.0640. The van der Waals surface area contributed by atoms with E-state index < -0.39 is 5.82 Å². The Morgan fingerprint density at radius 3 is 2.82 bits per heavy atom. The number of hydrogen-bond donors (Lipinski definition) is 0. The zero-order valence-electron chi connectivity index (χ0n) is 9.54. The van der Waals surface area contributed by atoms with E-state index in [9.17, 15) is 9.18 Å². The highest BCUT2D eigenvalue weighted by Gasteiger charge is 2.13. The Hall–Kier alpha value is -0.780. The van der Waals surface area contributed by atoms with E-state index >= 15 is 0 Å². The van der Waals surface area contributed by atoms with Gasteiger partial charge in [0.25, 0.3) is 0 Å². The number of methoxy groups -OCH3 is 1. The molecule has 0 saturated heterocycles. The highest BCUT2D eigenvalue weighted by Crippen LogP contribution is 2.19. The van der Waals surface area contributed by atoms with Gasteiger partial charge in [0.2, 0.25) is 0 Å². The summed E-state index contributed by atoms with van der Waals surface area (Å²) in [5.41, 5.74) is 0.0923. The van der Waals surface area contributed by atoms with Gasteiger partial charge in [0, 0.05) is 13.5 Å². The van der Waals surface area contributed by atoms with E-state index in [4.69, 9.17) is 9.47 Å². The lowest BCUT2D eigenvalue weighted by Gasteiger charge is -2.05. The summed E-state index contributed by atoms with van der Waals surface area (Å²) in [6.45, 7) is 1.19. The second-order valence-corrected chi connectivity index (χ2v) is 4.23. The first-order valence-corrected chi connectivity index (χ1v) is 6.00. The van der Waals surface area contributed by atoms with Crippen LogP contribution in [0.5, 0.6) is 0 Å². The molecule has 3 nitrogen and oxygen atoms in total. The fourth-order valence-corrected chi connectivity index (χ4v) is 1.63. The summed E-state index contributed by atoms with van der Waals surface area (Å²) in [5.74, 6) is -0.782. The molecule has 0 spiro atoms. The summed E-state index contributed by atoms with van der Waals surface area (Å²) >= 11 is 3.04. The van der Waals surface area contributed by atoms with Crippen molar-refractivity contribution in [2.24, 2.45) is 0 Å². The first-order valence-electron chi connectivity index (χ1n) is 5.20. The normalized spacial score (nSPS) is 10.5. The summed E-state index contributed by atoms with van der Waals surface area (Å²) in [6, 6.07) is 4.66. The maximum Gasteiger partial charge on any atom is 0.168 e. The van der Waals surface area contributed by atoms with Crippen LogP contribution in [0.2, 0.25) is 0 Å². The molecule has 0 atom stereocenters. The van der Waals surface area contributed by atoms with Gasteiger partial charge in [-0.3, -0.25) is 4.79 Å². The molecule has 1 aromatic carbocycles. The molecule has 0 aromatic heterocycles. The van der Waals surface area contributed by atoms with Crippen molar-refractivity contribution in [1.29, 1.82) is 0 Å². The molecule has 5 heteroatoms. The van der Waals surface area contributed by atoms with Crippen LogP contribution in [0.3, 0.4) is 0 Å². The molecule has 0 unspecified atom stereocenters. The minimum absolute atomic E-state index is 0.0923. The fourth-order valence-electron chi connectivity index (χ4n) is 1.26. The molecule has 0 aliphatic rings. The molecule has 0 saturated carbocycles. The minimum Gasteiger partial charge on any atom is -0.382 e. The molecule has 0 bridgehead atoms. The van der Waals surface area contributed by atoms with Gasteiger partial charge in [0.15, 0.2) is 5.78 Å². The van der Waals surface area contributed by atoms with Gasteiger partial charge in [-0.25, -0.2) is 4.39 Å². The lowest BCUT2D eigenvalue weighted by atomic mass is 10.1. The molecular weight excluding hydrogens is 291 g/mol. The quantitative estimate of drug-likeness (QED) is 0.574. The Morgan fingerprint density at radius 2 is 2.12 bits per heavy atom. The first kappa shape index (κ1) is 14.3. The zero-order valence-corrected chi connectivity index (χ0v) is 11.1. The van der Waals surface area contributed by atoms with Crippen molar-refractivity contribution in [1.82, 2.24) is 0 Å². The van der Waals surface area contributed by atoms with Gasteiger partial charge >= 0.3 is 0 Å². The molecule has 0 aliphatic heterocycles. The van der Waals surface area contributed by atoms with Crippen molar-refractivity contribution < 1.29 is 18.7 Å². The Bertz CT molecular complexity index is 382. The molecule has 0 radical (unpaired) electrons. The maximum absolute atomic E-state index is 13.6. The van der Waals surface area contributed by atoms with Crippen LogP contribution in [0.1, 0.15) is 16.8 Å². The molecule has 0 fully saturated rings. The summed E-state index contributed by atoms with van der Waals surface area (Å²) < 4.78 is 23.8. The largest absolute Gasteiger partial charge is 0.382 e. The number of halogens is 2. The molecule has 0 N–H and O–H groups in total. The highest BCUT2D eigenvalue weighted by atomic mass is 79.9. The van der Waals surface area contributed by atoms with Crippen LogP contribution in [0.4, 0.5) is 4.39 Å². The minimum atomic E-state index is -0.519. The van der Waals surface area contributed by atoms with Crippen LogP contribution in [0.25, 0.3) is 0 Å². The average Bonchev–Trinajstić information content (AvgIpc) is 2.32. The van der Waals surface area contributed by atoms with E-state index in [0.29, 0.717) is 17.7 Å². The molecule has 0 aliphatic carbocycles. The van der Waals surface area contributed by atoms with Crippen molar-refractivity contribution in [2.75, 3.05) is 26.9 Å². The van der Waals surface area contributed by atoms with Gasteiger partial charge in [-0.1, -0.05) is 6.07 Å². The van der Waals surface area contributed by atoms with Crippen molar-refractivity contribution >= 4 is 21.7 Å². The second-order valence-electron chi connectivity index (χ2n) is 3.38. The standard InChI is InChI=1S/C12H14BrFO3/c1-16-7-8-17-6-5-11(15)9-3-2-4-10(13)12(9)14/h2-4H,5-8H2,1H3. The van der Waals surface area contributed by atoms with E-state index in [0.717, 1.165) is 0 Å². The highest BCUT2D eigenvalue weighted by molar-refractivity contribution is 9.10. The SMILES string of the molecule is COCCOCCC(=O)c1cccc(Br)c1F. The summed E-state index contributed by atoms with van der Waals surface area (Å²) in [5, 5.41) is 0. The number of rotatable bonds is 7. The van der Waals surface area contributed by atoms with Crippen LogP contribution in [-0.2, 0) is 9.47 Å². The van der Waals surface area contributed by atoms with E-state index in [1.165, 1.54) is 6.07 Å². The van der Waals surface area contributed by atoms with E-state index in [1.54, 1.807) is 19.2 Å². The van der Waals surface area contributed by atoms with Gasteiger partial charge in [0.1, 0.15) is 5.82 Å². The van der Waals surface area contributed by atoms with Crippen molar-refractivity contribution in [3.8, 4) is 0 Å². The van der Waals surface area contributed by atoms with Crippen LogP contribution >= 0.6 is 15.9 Å². The van der Waals surface area contributed by atoms with E-state index in [1.807, 2.05) is 0 Å². The smallest absolute Gasteiger partial charge is 0.168 e. The topological polar surface area (TPSA) is 35.5 Å². The maximum atomic E-state index is 13.6. The molecule has 17 heavy (non-hydrogen) atoms. The van der Waals surface area contributed by atoms with Crippen LogP contribution in [0, 0.1) is 5.82 Å². The predicted octanol–water partition coefficient (Wildman–Crippen LogP) is 2.82. The number of carbonyl (C=O) groups excluding carboxylic acids is 1. The Labute approximate surface area is 108 Å². The number of Topliss-reactive ketones (excluding diaryl/α,β-unsaturated/α-hetero) is 1. The Balaban J connectivity index is 2.44. The third kappa shape index (κ3) is 4.53. The lowest BCUT2D eigenvalue weighted by Crippen LogP contribution is -2.09. The van der Waals surface area contributed by atoms with Gasteiger partial charge < -0.3 is 9.47 Å². The van der Waals surface area contributed by atoms with Crippen molar-refractivity contribution in [3.63, 3.8) is 0 Å². The van der Waals surface area contributed by atoms with Crippen LogP contribution < -0.4 is 0 Å². The molecule has 1 rings (SSSR count). The van der Waals surface area contributed by atoms with E-state index in [-0.39, 0.29) is 24.4 Å². The number of hydrogen-bond acceptors (Lipinski definition) is 3. The molecule has 94 valence electrons. The monoisotopic (exact) mass is 304 g/mol. The average molecular weight is 305 g/mol. The van der Waals surface area contributed by atoms with Crippen molar-refractivity contribution in [2.45, 2.75) is 6.42 Å². The van der Waals surface area contributed by atoms with Crippen LogP contribution in [0.15, 0.2) is 22.7 Å². The predicted molar refractivity (Wildman–Crippen MR) is 65.7 cm³/mol. The van der Waals surface area contributed by atoms with Gasteiger partial charge in [-0.15, -0.1) is 0 Å². The molecule has 1 aromatic rings. The van der Waals surface area contributed by atoms with Gasteiger partial charge in [-0.05, 0) is 28.1 Å². The number of ketones is 1. The second kappa shape index (κ2) is 7.53. The Kier molecular flexibility index (Phi) is 6.32. The van der Waals surface area contributed by atoms with Gasteiger partial charge in [-0.2, -0.15) is 0 Å².